The smallest absolute Gasteiger partial charge is 0.323 e. The summed E-state index contributed by atoms with van der Waals surface area (Å²) in [5.74, 6) is -0.120. The number of aromatic nitrogens is 2. The molecular formula is C31H34N4O3S. The van der Waals surface area contributed by atoms with Gasteiger partial charge >= 0.3 is 5.97 Å². The fourth-order valence-electron chi connectivity index (χ4n) is 5.10. The highest BCUT2D eigenvalue weighted by molar-refractivity contribution is 7.99. The lowest BCUT2D eigenvalue weighted by atomic mass is 10.1. The van der Waals surface area contributed by atoms with Gasteiger partial charge in [0.05, 0.1) is 17.5 Å². The van der Waals surface area contributed by atoms with Crippen LogP contribution in [-0.4, -0.2) is 51.9 Å². The summed E-state index contributed by atoms with van der Waals surface area (Å²) in [6.07, 6.45) is 4.83. The SMILES string of the molecule is O=C(O)Cn1c(SCCCN(C(=O)Cc2ccccc2)c2ccc(N3CCCCC3)cc2)nc2ccccc21. The number of rotatable bonds is 11. The predicted molar refractivity (Wildman–Crippen MR) is 158 cm³/mol. The van der Waals surface area contributed by atoms with Crippen molar-refractivity contribution in [1.29, 1.82) is 0 Å². The second-order valence-corrected chi connectivity index (χ2v) is 10.9. The number of hydrogen-bond donors (Lipinski definition) is 1. The molecule has 1 amide bonds. The summed E-state index contributed by atoms with van der Waals surface area (Å²) in [7, 11) is 0. The highest BCUT2D eigenvalue weighted by Gasteiger charge is 2.19. The van der Waals surface area contributed by atoms with Gasteiger partial charge in [-0.3, -0.25) is 9.59 Å². The first kappa shape index (κ1) is 26.8. The molecule has 0 atom stereocenters. The molecule has 3 aromatic carbocycles. The summed E-state index contributed by atoms with van der Waals surface area (Å²) in [5, 5.41) is 10.1. The van der Waals surface area contributed by atoms with Crippen LogP contribution < -0.4 is 9.80 Å². The number of benzene rings is 3. The van der Waals surface area contributed by atoms with Crippen LogP contribution in [0.1, 0.15) is 31.2 Å². The Kier molecular flexibility index (Phi) is 8.83. The molecule has 0 unspecified atom stereocenters. The first-order valence-electron chi connectivity index (χ1n) is 13.6. The van der Waals surface area contributed by atoms with E-state index in [9.17, 15) is 14.7 Å². The van der Waals surface area contributed by atoms with E-state index in [-0.39, 0.29) is 12.5 Å². The van der Waals surface area contributed by atoms with E-state index >= 15 is 0 Å². The Morgan fingerprint density at radius 1 is 0.897 bits per heavy atom. The average Bonchev–Trinajstić information content (AvgIpc) is 3.30. The maximum absolute atomic E-state index is 13.5. The quantitative estimate of drug-likeness (QED) is 0.189. The van der Waals surface area contributed by atoms with Gasteiger partial charge in [0.25, 0.3) is 0 Å². The highest BCUT2D eigenvalue weighted by Crippen LogP contribution is 2.27. The Morgan fingerprint density at radius 3 is 2.36 bits per heavy atom. The number of hydrogen-bond acceptors (Lipinski definition) is 5. The first-order chi connectivity index (χ1) is 19.1. The highest BCUT2D eigenvalue weighted by atomic mass is 32.2. The van der Waals surface area contributed by atoms with Crippen LogP contribution in [0.3, 0.4) is 0 Å². The van der Waals surface area contributed by atoms with Crippen LogP contribution >= 0.6 is 11.8 Å². The van der Waals surface area contributed by atoms with E-state index < -0.39 is 5.97 Å². The number of piperidine rings is 1. The van der Waals surface area contributed by atoms with Gasteiger partial charge in [0.1, 0.15) is 6.54 Å². The summed E-state index contributed by atoms with van der Waals surface area (Å²) >= 11 is 1.53. The average molecular weight is 543 g/mol. The van der Waals surface area contributed by atoms with Crippen molar-refractivity contribution in [2.45, 2.75) is 43.8 Å². The molecule has 4 aromatic rings. The molecule has 0 radical (unpaired) electrons. The molecule has 1 N–H and O–H groups in total. The first-order valence-corrected chi connectivity index (χ1v) is 14.6. The van der Waals surface area contributed by atoms with Crippen LogP contribution in [-0.2, 0) is 22.6 Å². The number of carboxylic acid groups (broad SMARTS) is 1. The number of aliphatic carboxylic acids is 1. The normalized spacial score (nSPS) is 13.5. The Bertz CT molecular complexity index is 1400. The number of anilines is 2. The number of imidazole rings is 1. The van der Waals surface area contributed by atoms with E-state index in [1.54, 1.807) is 4.57 Å². The molecule has 0 aliphatic carbocycles. The van der Waals surface area contributed by atoms with Gasteiger partial charge < -0.3 is 19.5 Å². The largest absolute Gasteiger partial charge is 0.480 e. The molecular weight excluding hydrogens is 508 g/mol. The molecule has 8 heteroatoms. The number of amides is 1. The summed E-state index contributed by atoms with van der Waals surface area (Å²) in [6, 6.07) is 25.8. The van der Waals surface area contributed by atoms with Crippen molar-refractivity contribution in [3.8, 4) is 0 Å². The Balaban J connectivity index is 1.28. The number of carboxylic acids is 1. The summed E-state index contributed by atoms with van der Waals surface area (Å²) in [4.78, 5) is 33.9. The van der Waals surface area contributed by atoms with Crippen molar-refractivity contribution >= 4 is 46.0 Å². The number of thioether (sulfide) groups is 1. The van der Waals surface area contributed by atoms with Crippen LogP contribution in [0.4, 0.5) is 11.4 Å². The third-order valence-electron chi connectivity index (χ3n) is 7.05. The second-order valence-electron chi connectivity index (χ2n) is 9.84. The maximum Gasteiger partial charge on any atom is 0.323 e. The van der Waals surface area contributed by atoms with Crippen molar-refractivity contribution < 1.29 is 14.7 Å². The molecule has 5 rings (SSSR count). The maximum atomic E-state index is 13.5. The van der Waals surface area contributed by atoms with Gasteiger partial charge in [-0.2, -0.15) is 0 Å². The van der Waals surface area contributed by atoms with E-state index in [4.69, 9.17) is 0 Å². The third kappa shape index (κ3) is 6.81. The van der Waals surface area contributed by atoms with E-state index in [0.29, 0.717) is 23.9 Å². The number of carbonyl (C=O) groups is 2. The minimum Gasteiger partial charge on any atom is -0.480 e. The van der Waals surface area contributed by atoms with Crippen LogP contribution in [0.25, 0.3) is 11.0 Å². The lowest BCUT2D eigenvalue weighted by molar-refractivity contribution is -0.137. The van der Waals surface area contributed by atoms with Crippen LogP contribution in [0.15, 0.2) is 84.0 Å². The lowest BCUT2D eigenvalue weighted by Crippen LogP contribution is -2.34. The van der Waals surface area contributed by atoms with Crippen LogP contribution in [0.5, 0.6) is 0 Å². The third-order valence-corrected chi connectivity index (χ3v) is 8.11. The van der Waals surface area contributed by atoms with E-state index in [1.807, 2.05) is 59.5 Å². The van der Waals surface area contributed by atoms with Gasteiger partial charge in [0.2, 0.25) is 5.91 Å². The van der Waals surface area contributed by atoms with Gasteiger partial charge in [0.15, 0.2) is 5.16 Å². The van der Waals surface area contributed by atoms with E-state index in [0.717, 1.165) is 41.8 Å². The zero-order chi connectivity index (χ0) is 27.0. The fraction of sp³-hybridized carbons (Fsp3) is 0.323. The van der Waals surface area contributed by atoms with Crippen molar-refractivity contribution in [2.75, 3.05) is 35.2 Å². The van der Waals surface area contributed by atoms with E-state index in [1.165, 1.54) is 36.7 Å². The van der Waals surface area contributed by atoms with Crippen molar-refractivity contribution in [3.63, 3.8) is 0 Å². The number of fused-ring (bicyclic) bond motifs is 1. The molecule has 0 bridgehead atoms. The van der Waals surface area contributed by atoms with Crippen LogP contribution in [0.2, 0.25) is 0 Å². The van der Waals surface area contributed by atoms with Crippen molar-refractivity contribution in [3.05, 3.63) is 84.4 Å². The van der Waals surface area contributed by atoms with E-state index in [2.05, 4.69) is 34.1 Å². The van der Waals surface area contributed by atoms with Gasteiger partial charge in [0, 0.05) is 36.8 Å². The topological polar surface area (TPSA) is 78.7 Å². The van der Waals surface area contributed by atoms with Gasteiger partial charge in [-0.05, 0) is 67.6 Å². The van der Waals surface area contributed by atoms with Gasteiger partial charge in [-0.25, -0.2) is 4.98 Å². The minimum absolute atomic E-state index is 0.0649. The monoisotopic (exact) mass is 542 g/mol. The summed E-state index contributed by atoms with van der Waals surface area (Å²) in [5.41, 5.74) is 4.71. The second kappa shape index (κ2) is 12.8. The summed E-state index contributed by atoms with van der Waals surface area (Å²) < 4.78 is 1.75. The molecule has 0 spiro atoms. The number of carbonyl (C=O) groups excluding carboxylic acids is 1. The molecule has 1 aliphatic heterocycles. The van der Waals surface area contributed by atoms with Gasteiger partial charge in [-0.15, -0.1) is 0 Å². The molecule has 1 fully saturated rings. The molecule has 1 saturated heterocycles. The molecule has 39 heavy (non-hydrogen) atoms. The zero-order valence-corrected chi connectivity index (χ0v) is 22.9. The standard InChI is InChI=1S/C31H34N4O3S/c36-29(22-24-10-3-1-4-11-24)34(26-16-14-25(15-17-26)33-18-7-2-8-19-33)20-9-21-39-31-32-27-12-5-6-13-28(27)35(31)23-30(37)38/h1,3-6,10-17H,2,7-9,18-23H2,(H,37,38). The minimum atomic E-state index is -0.898. The fourth-order valence-corrected chi connectivity index (χ4v) is 6.03. The molecule has 202 valence electrons. The summed E-state index contributed by atoms with van der Waals surface area (Å²) in [6.45, 7) is 2.61. The molecule has 7 nitrogen and oxygen atoms in total. The predicted octanol–water partition coefficient (Wildman–Crippen LogP) is 5.87. The molecule has 1 aliphatic rings. The zero-order valence-electron chi connectivity index (χ0n) is 22.0. The number of nitrogens with zero attached hydrogens (tertiary/aromatic N) is 4. The Morgan fingerprint density at radius 2 is 1.62 bits per heavy atom. The van der Waals surface area contributed by atoms with Gasteiger partial charge in [-0.1, -0.05) is 54.2 Å². The molecule has 2 heterocycles. The van der Waals surface area contributed by atoms with Crippen LogP contribution in [0, 0.1) is 0 Å². The molecule has 0 saturated carbocycles. The van der Waals surface area contributed by atoms with Crippen molar-refractivity contribution in [1.82, 2.24) is 9.55 Å². The Labute approximate surface area is 233 Å². The van der Waals surface area contributed by atoms with Crippen molar-refractivity contribution in [2.24, 2.45) is 0 Å². The Hall–Kier alpha value is -3.78. The lowest BCUT2D eigenvalue weighted by Gasteiger charge is -2.29. The number of para-hydroxylation sites is 2. The molecule has 1 aromatic heterocycles.